The molecule has 0 aliphatic carbocycles. The first kappa shape index (κ1) is 17.4. The molecule has 0 unspecified atom stereocenters. The van der Waals surface area contributed by atoms with Gasteiger partial charge in [-0.15, -0.1) is 0 Å². The van der Waals surface area contributed by atoms with Crippen LogP contribution in [0.1, 0.15) is 30.1 Å². The van der Waals surface area contributed by atoms with Gasteiger partial charge in [-0.05, 0) is 18.6 Å². The summed E-state index contributed by atoms with van der Waals surface area (Å²) in [6.45, 7) is 4.81. The van der Waals surface area contributed by atoms with Crippen molar-refractivity contribution in [2.45, 2.75) is 26.3 Å². The first-order valence-electron chi connectivity index (χ1n) is 8.45. The fraction of sp³-hybridized carbons (Fsp3) is 0.444. The number of unbranched alkanes of at least 4 members (excludes halogenated alkanes) is 1. The Hall–Kier alpha value is -2.41. The van der Waals surface area contributed by atoms with E-state index in [2.05, 4.69) is 0 Å². The molecule has 2 heterocycles. The highest BCUT2D eigenvalue weighted by Gasteiger charge is 2.20. The molecule has 0 saturated carbocycles. The van der Waals surface area contributed by atoms with Crippen molar-refractivity contribution >= 4 is 22.6 Å². The van der Waals surface area contributed by atoms with E-state index < -0.39 is 17.2 Å². The van der Waals surface area contributed by atoms with Crippen molar-refractivity contribution in [2.75, 3.05) is 31.2 Å². The molecule has 1 aliphatic heterocycles. The number of halogens is 1. The van der Waals surface area contributed by atoms with Gasteiger partial charge in [0.2, 0.25) is 5.43 Å². The molecule has 1 saturated heterocycles. The number of rotatable bonds is 5. The summed E-state index contributed by atoms with van der Waals surface area (Å²) in [5.41, 5.74) is -0.000308. The van der Waals surface area contributed by atoms with E-state index >= 15 is 0 Å². The summed E-state index contributed by atoms with van der Waals surface area (Å²) in [5, 5.41) is 9.38. The second-order valence-corrected chi connectivity index (χ2v) is 6.14. The van der Waals surface area contributed by atoms with Crippen LogP contribution in [-0.4, -0.2) is 41.9 Å². The molecule has 6 nitrogen and oxygen atoms in total. The standard InChI is InChI=1S/C18H21FN2O4/c1-2-3-4-21-11-13(18(23)24)17(22)12-9-14(19)16(10-15(12)21)20-5-7-25-8-6-20/h9-11H,2-8H2,1H3,(H,23,24). The molecule has 1 aromatic carbocycles. The van der Waals surface area contributed by atoms with Gasteiger partial charge in [-0.1, -0.05) is 13.3 Å². The van der Waals surface area contributed by atoms with E-state index in [1.165, 1.54) is 6.20 Å². The number of hydrogen-bond acceptors (Lipinski definition) is 4. The molecule has 0 bridgehead atoms. The van der Waals surface area contributed by atoms with E-state index in [9.17, 15) is 19.1 Å². The lowest BCUT2D eigenvalue weighted by Crippen LogP contribution is -2.36. The minimum atomic E-state index is -1.30. The molecule has 134 valence electrons. The molecule has 0 amide bonds. The minimum Gasteiger partial charge on any atom is -0.477 e. The highest BCUT2D eigenvalue weighted by molar-refractivity contribution is 5.93. The molecule has 7 heteroatoms. The number of nitrogens with zero attached hydrogens (tertiary/aromatic N) is 2. The van der Waals surface area contributed by atoms with Crippen LogP contribution in [-0.2, 0) is 11.3 Å². The van der Waals surface area contributed by atoms with Gasteiger partial charge in [0.05, 0.1) is 24.4 Å². The third-order valence-corrected chi connectivity index (χ3v) is 4.48. The highest BCUT2D eigenvalue weighted by Crippen LogP contribution is 2.26. The predicted octanol–water partition coefficient (Wildman–Crippen LogP) is 2.48. The van der Waals surface area contributed by atoms with Gasteiger partial charge in [0.15, 0.2) is 0 Å². The van der Waals surface area contributed by atoms with Crippen LogP contribution >= 0.6 is 0 Å². The first-order valence-corrected chi connectivity index (χ1v) is 8.45. The van der Waals surface area contributed by atoms with Crippen molar-refractivity contribution < 1.29 is 19.0 Å². The second kappa shape index (κ2) is 7.23. The molecule has 3 rings (SSSR count). The monoisotopic (exact) mass is 348 g/mol. The maximum absolute atomic E-state index is 14.6. The Morgan fingerprint density at radius 3 is 2.68 bits per heavy atom. The number of carbonyl (C=O) groups is 1. The molecule has 1 fully saturated rings. The summed E-state index contributed by atoms with van der Waals surface area (Å²) in [6, 6.07) is 2.82. The van der Waals surface area contributed by atoms with Gasteiger partial charge in [0, 0.05) is 31.2 Å². The van der Waals surface area contributed by atoms with Gasteiger partial charge in [-0.3, -0.25) is 4.79 Å². The van der Waals surface area contributed by atoms with Crippen LogP contribution in [0.15, 0.2) is 23.1 Å². The Labute approximate surface area is 144 Å². The fourth-order valence-electron chi connectivity index (χ4n) is 3.11. The van der Waals surface area contributed by atoms with Gasteiger partial charge < -0.3 is 19.3 Å². The molecule has 2 aromatic rings. The van der Waals surface area contributed by atoms with Gasteiger partial charge in [-0.25, -0.2) is 9.18 Å². The first-order chi connectivity index (χ1) is 12.0. The van der Waals surface area contributed by atoms with E-state index in [1.807, 2.05) is 11.8 Å². The van der Waals surface area contributed by atoms with E-state index in [0.717, 1.165) is 18.9 Å². The average Bonchev–Trinajstić information content (AvgIpc) is 2.61. The van der Waals surface area contributed by atoms with E-state index in [4.69, 9.17) is 4.74 Å². The van der Waals surface area contributed by atoms with E-state index in [0.29, 0.717) is 44.1 Å². The molecular weight excluding hydrogens is 327 g/mol. The second-order valence-electron chi connectivity index (χ2n) is 6.14. The predicted molar refractivity (Wildman–Crippen MR) is 93.1 cm³/mol. The SMILES string of the molecule is CCCCn1cc(C(=O)O)c(=O)c2cc(F)c(N3CCOCC3)cc21. The summed E-state index contributed by atoms with van der Waals surface area (Å²) in [6.07, 6.45) is 3.12. The van der Waals surface area contributed by atoms with Crippen LogP contribution in [0.2, 0.25) is 0 Å². The zero-order valence-corrected chi connectivity index (χ0v) is 14.1. The molecule has 1 N–H and O–H groups in total. The lowest BCUT2D eigenvalue weighted by molar-refractivity contribution is 0.0694. The zero-order chi connectivity index (χ0) is 18.0. The number of benzene rings is 1. The minimum absolute atomic E-state index is 0.102. The van der Waals surface area contributed by atoms with Crippen molar-refractivity contribution in [3.63, 3.8) is 0 Å². The van der Waals surface area contributed by atoms with Gasteiger partial charge in [0.1, 0.15) is 11.4 Å². The van der Waals surface area contributed by atoms with E-state index in [1.54, 1.807) is 10.6 Å². The lowest BCUT2D eigenvalue weighted by atomic mass is 10.1. The molecule has 1 aromatic heterocycles. The van der Waals surface area contributed by atoms with E-state index in [-0.39, 0.29) is 10.9 Å². The number of morpholine rings is 1. The van der Waals surface area contributed by atoms with Crippen LogP contribution in [0.4, 0.5) is 10.1 Å². The molecule has 0 radical (unpaired) electrons. The van der Waals surface area contributed by atoms with Crippen LogP contribution in [0.3, 0.4) is 0 Å². The highest BCUT2D eigenvalue weighted by atomic mass is 19.1. The maximum atomic E-state index is 14.6. The normalized spacial score (nSPS) is 14.9. The van der Waals surface area contributed by atoms with Crippen LogP contribution in [0.25, 0.3) is 10.9 Å². The molecule has 0 atom stereocenters. The van der Waals surface area contributed by atoms with Gasteiger partial charge in [0.25, 0.3) is 0 Å². The van der Waals surface area contributed by atoms with Crippen molar-refractivity contribution in [2.24, 2.45) is 0 Å². The summed E-state index contributed by atoms with van der Waals surface area (Å²) in [4.78, 5) is 25.7. The van der Waals surface area contributed by atoms with Gasteiger partial charge >= 0.3 is 5.97 Å². The third-order valence-electron chi connectivity index (χ3n) is 4.48. The molecule has 0 spiro atoms. The molecule has 25 heavy (non-hydrogen) atoms. The smallest absolute Gasteiger partial charge is 0.341 e. The Bertz CT molecular complexity index is 856. The zero-order valence-electron chi connectivity index (χ0n) is 14.1. The number of carboxylic acid groups (broad SMARTS) is 1. The maximum Gasteiger partial charge on any atom is 0.341 e. The quantitative estimate of drug-likeness (QED) is 0.899. The Kier molecular flexibility index (Phi) is 5.03. The summed E-state index contributed by atoms with van der Waals surface area (Å²) < 4.78 is 21.7. The number of aromatic carboxylic acids is 1. The number of ether oxygens (including phenoxy) is 1. The third kappa shape index (κ3) is 3.37. The molecular formula is C18H21FN2O4. The topological polar surface area (TPSA) is 71.8 Å². The molecule has 1 aliphatic rings. The van der Waals surface area contributed by atoms with Crippen LogP contribution in [0, 0.1) is 5.82 Å². The Balaban J connectivity index is 2.20. The number of pyridine rings is 1. The number of carboxylic acids is 1. The number of fused-ring (bicyclic) bond motifs is 1. The summed E-state index contributed by atoms with van der Waals surface area (Å²) >= 11 is 0. The average molecular weight is 348 g/mol. The van der Waals surface area contributed by atoms with Crippen molar-refractivity contribution in [1.29, 1.82) is 0 Å². The fourth-order valence-corrected chi connectivity index (χ4v) is 3.11. The number of aromatic nitrogens is 1. The summed E-state index contributed by atoms with van der Waals surface area (Å²) in [7, 11) is 0. The van der Waals surface area contributed by atoms with Gasteiger partial charge in [-0.2, -0.15) is 0 Å². The van der Waals surface area contributed by atoms with Crippen molar-refractivity contribution in [3.8, 4) is 0 Å². The van der Waals surface area contributed by atoms with Crippen molar-refractivity contribution in [3.05, 3.63) is 39.9 Å². The number of aryl methyl sites for hydroxylation is 1. The Morgan fingerprint density at radius 1 is 1.32 bits per heavy atom. The van der Waals surface area contributed by atoms with Crippen molar-refractivity contribution in [1.82, 2.24) is 4.57 Å². The van der Waals surface area contributed by atoms with Crippen LogP contribution < -0.4 is 10.3 Å². The summed E-state index contributed by atoms with van der Waals surface area (Å²) in [5.74, 6) is -1.81. The number of hydrogen-bond donors (Lipinski definition) is 1. The lowest BCUT2D eigenvalue weighted by Gasteiger charge is -2.29. The number of anilines is 1. The van der Waals surface area contributed by atoms with Crippen LogP contribution in [0.5, 0.6) is 0 Å². The largest absolute Gasteiger partial charge is 0.477 e. The Morgan fingerprint density at radius 2 is 2.04 bits per heavy atom.